The fraction of sp³-hybridized carbons (Fsp3) is 0.0462. The van der Waals surface area contributed by atoms with Gasteiger partial charge in [-0.05, 0) is 113 Å². The Labute approximate surface area is 387 Å². The van der Waals surface area contributed by atoms with Crippen molar-refractivity contribution < 1.29 is 0 Å². The molecule has 0 amide bonds. The van der Waals surface area contributed by atoms with Crippen LogP contribution in [-0.4, -0.2) is 0 Å². The summed E-state index contributed by atoms with van der Waals surface area (Å²) in [5.41, 5.74) is 20.6. The van der Waals surface area contributed by atoms with Crippen molar-refractivity contribution in [1.82, 2.24) is 0 Å². The third-order valence-electron chi connectivity index (χ3n) is 13.9. The molecule has 0 saturated heterocycles. The summed E-state index contributed by atoms with van der Waals surface area (Å²) in [6, 6.07) is 91.5. The zero-order valence-electron chi connectivity index (χ0n) is 37.1. The van der Waals surface area contributed by atoms with Gasteiger partial charge in [-0.15, -0.1) is 0 Å². The number of hydrogen-bond acceptors (Lipinski definition) is 1. The molecular formula is C65H47N. The Balaban J connectivity index is 1.08. The topological polar surface area (TPSA) is 3.24 Å². The number of anilines is 3. The fourth-order valence-electron chi connectivity index (χ4n) is 10.7. The minimum absolute atomic E-state index is 0.0937. The Morgan fingerprint density at radius 1 is 0.288 bits per heavy atom. The van der Waals surface area contributed by atoms with E-state index in [4.69, 9.17) is 0 Å². The van der Waals surface area contributed by atoms with E-state index in [2.05, 4.69) is 267 Å². The Hall–Kier alpha value is -8.26. The maximum absolute atomic E-state index is 2.51. The number of benzene rings is 11. The largest absolute Gasteiger partial charge is 0.309 e. The average Bonchev–Trinajstić information content (AvgIpc) is 3.62. The Morgan fingerprint density at radius 3 is 1.36 bits per heavy atom. The van der Waals surface area contributed by atoms with Crippen molar-refractivity contribution in [3.05, 3.63) is 260 Å². The smallest absolute Gasteiger partial charge is 0.0540 e. The molecule has 1 aliphatic carbocycles. The first-order chi connectivity index (χ1) is 32.5. The lowest BCUT2D eigenvalue weighted by Crippen LogP contribution is -2.15. The first-order valence-electron chi connectivity index (χ1n) is 23.0. The Kier molecular flexibility index (Phi) is 9.58. The molecule has 0 aromatic heterocycles. The predicted molar refractivity (Wildman–Crippen MR) is 281 cm³/mol. The summed E-state index contributed by atoms with van der Waals surface area (Å²) in [6.45, 7) is 4.71. The van der Waals surface area contributed by atoms with Gasteiger partial charge in [-0.1, -0.05) is 238 Å². The average molecular weight is 842 g/mol. The predicted octanol–water partition coefficient (Wildman–Crippen LogP) is 18.1. The molecule has 0 aliphatic heterocycles. The highest BCUT2D eigenvalue weighted by Crippen LogP contribution is 2.53. The summed E-state index contributed by atoms with van der Waals surface area (Å²) in [4.78, 5) is 2.51. The molecule has 0 N–H and O–H groups in total. The van der Waals surface area contributed by atoms with Gasteiger partial charge in [0.05, 0.1) is 11.4 Å². The lowest BCUT2D eigenvalue weighted by Gasteiger charge is -2.31. The second kappa shape index (κ2) is 16.1. The molecule has 0 bridgehead atoms. The van der Waals surface area contributed by atoms with Crippen LogP contribution in [0.25, 0.3) is 88.3 Å². The summed E-state index contributed by atoms with van der Waals surface area (Å²) in [5, 5.41) is 4.92. The van der Waals surface area contributed by atoms with Crippen LogP contribution in [0.3, 0.4) is 0 Å². The molecule has 12 rings (SSSR count). The molecule has 0 unspecified atom stereocenters. The van der Waals surface area contributed by atoms with E-state index >= 15 is 0 Å². The van der Waals surface area contributed by atoms with Crippen LogP contribution in [0.1, 0.15) is 25.0 Å². The molecule has 1 nitrogen and oxygen atoms in total. The Morgan fingerprint density at radius 2 is 0.742 bits per heavy atom. The molecule has 0 heterocycles. The zero-order valence-corrected chi connectivity index (χ0v) is 37.1. The summed E-state index contributed by atoms with van der Waals surface area (Å²) in [7, 11) is 0. The maximum atomic E-state index is 2.51. The van der Waals surface area contributed by atoms with Gasteiger partial charge in [-0.3, -0.25) is 0 Å². The van der Waals surface area contributed by atoms with Crippen LogP contribution in [0.5, 0.6) is 0 Å². The number of hydrogen-bond donors (Lipinski definition) is 0. The highest BCUT2D eigenvalue weighted by atomic mass is 15.1. The minimum atomic E-state index is -0.0937. The van der Waals surface area contributed by atoms with E-state index in [1.165, 1.54) is 99.4 Å². The fourth-order valence-corrected chi connectivity index (χ4v) is 10.7. The van der Waals surface area contributed by atoms with Crippen molar-refractivity contribution in [3.8, 4) is 66.8 Å². The van der Waals surface area contributed by atoms with Crippen molar-refractivity contribution in [2.75, 3.05) is 4.90 Å². The van der Waals surface area contributed by atoms with E-state index in [9.17, 15) is 0 Å². The van der Waals surface area contributed by atoms with Crippen LogP contribution in [0.15, 0.2) is 249 Å². The number of rotatable bonds is 8. The highest BCUT2D eigenvalue weighted by molar-refractivity contribution is 6.14. The third kappa shape index (κ3) is 6.55. The molecule has 0 saturated carbocycles. The first-order valence-corrected chi connectivity index (χ1v) is 23.0. The van der Waals surface area contributed by atoms with Crippen LogP contribution in [0, 0.1) is 0 Å². The van der Waals surface area contributed by atoms with Gasteiger partial charge in [0.25, 0.3) is 0 Å². The van der Waals surface area contributed by atoms with Crippen LogP contribution in [-0.2, 0) is 5.41 Å². The van der Waals surface area contributed by atoms with Crippen molar-refractivity contribution in [1.29, 1.82) is 0 Å². The Bertz CT molecular complexity index is 3580. The van der Waals surface area contributed by atoms with Crippen LogP contribution >= 0.6 is 0 Å². The molecule has 11 aromatic carbocycles. The van der Waals surface area contributed by atoms with Crippen LogP contribution < -0.4 is 4.90 Å². The number of nitrogens with zero attached hydrogens (tertiary/aromatic N) is 1. The molecule has 0 spiro atoms. The van der Waals surface area contributed by atoms with E-state index in [-0.39, 0.29) is 5.41 Å². The van der Waals surface area contributed by atoms with E-state index in [0.717, 1.165) is 17.1 Å². The third-order valence-corrected chi connectivity index (χ3v) is 13.9. The molecule has 11 aromatic rings. The van der Waals surface area contributed by atoms with Gasteiger partial charge in [0.2, 0.25) is 0 Å². The van der Waals surface area contributed by atoms with Gasteiger partial charge in [0, 0.05) is 22.1 Å². The normalized spacial score (nSPS) is 12.5. The molecule has 1 heteroatoms. The molecule has 312 valence electrons. The summed E-state index contributed by atoms with van der Waals surface area (Å²) >= 11 is 0. The summed E-state index contributed by atoms with van der Waals surface area (Å²) in [5.74, 6) is 0. The van der Waals surface area contributed by atoms with Gasteiger partial charge in [0.15, 0.2) is 0 Å². The van der Waals surface area contributed by atoms with Gasteiger partial charge in [-0.2, -0.15) is 0 Å². The highest BCUT2D eigenvalue weighted by Gasteiger charge is 2.36. The second-order valence-electron chi connectivity index (χ2n) is 18.0. The zero-order chi connectivity index (χ0) is 44.2. The minimum Gasteiger partial charge on any atom is -0.309 e. The standard InChI is InChI=1S/C65H47N/c1-65(2)59-33-14-12-28-56(59)58-43-50(39-41-60(58)65)66(61-34-15-13-27-51(61)44-19-6-3-7-20-44)62-42-40-55(64-54(31-18-32-57(62)64)46-23-10-5-11-24-46)48-37-35-47(36-38-48)53-30-17-26-49-25-16-29-52(63(49)53)45-21-8-4-9-22-45/h3-43H,1-2H3. The quantitative estimate of drug-likeness (QED) is 0.147. The number of para-hydroxylation sites is 1. The van der Waals surface area contributed by atoms with Gasteiger partial charge in [-0.25, -0.2) is 0 Å². The first kappa shape index (κ1) is 39.3. The van der Waals surface area contributed by atoms with E-state index in [1.807, 2.05) is 0 Å². The number of fused-ring (bicyclic) bond motifs is 5. The molecule has 1 aliphatic rings. The van der Waals surface area contributed by atoms with E-state index in [1.54, 1.807) is 0 Å². The molecule has 0 atom stereocenters. The van der Waals surface area contributed by atoms with Crippen molar-refractivity contribution in [3.63, 3.8) is 0 Å². The van der Waals surface area contributed by atoms with E-state index < -0.39 is 0 Å². The summed E-state index contributed by atoms with van der Waals surface area (Å²) in [6.07, 6.45) is 0. The molecule has 66 heavy (non-hydrogen) atoms. The van der Waals surface area contributed by atoms with Crippen LogP contribution in [0.4, 0.5) is 17.1 Å². The van der Waals surface area contributed by atoms with Crippen molar-refractivity contribution in [2.45, 2.75) is 19.3 Å². The molecular weight excluding hydrogens is 795 g/mol. The summed E-state index contributed by atoms with van der Waals surface area (Å²) < 4.78 is 0. The lowest BCUT2D eigenvalue weighted by atomic mass is 9.82. The maximum Gasteiger partial charge on any atom is 0.0540 e. The van der Waals surface area contributed by atoms with E-state index in [0.29, 0.717) is 0 Å². The second-order valence-corrected chi connectivity index (χ2v) is 18.0. The SMILES string of the molecule is CC1(C)c2ccccc2-c2cc(N(c3ccccc3-c3ccccc3)c3ccc(-c4ccc(-c5cccc6cccc(-c7ccccc7)c56)cc4)c4c(-c5ccccc5)cccc34)ccc21. The van der Waals surface area contributed by atoms with Gasteiger partial charge in [0.1, 0.15) is 0 Å². The van der Waals surface area contributed by atoms with Crippen LogP contribution in [0.2, 0.25) is 0 Å². The van der Waals surface area contributed by atoms with Crippen molar-refractivity contribution >= 4 is 38.6 Å². The lowest BCUT2D eigenvalue weighted by molar-refractivity contribution is 0.660. The van der Waals surface area contributed by atoms with Crippen molar-refractivity contribution in [2.24, 2.45) is 0 Å². The molecule has 0 fully saturated rings. The monoisotopic (exact) mass is 841 g/mol. The molecule has 0 radical (unpaired) electrons. The van der Waals surface area contributed by atoms with Gasteiger partial charge >= 0.3 is 0 Å². The van der Waals surface area contributed by atoms with Gasteiger partial charge < -0.3 is 4.90 Å².